The summed E-state index contributed by atoms with van der Waals surface area (Å²) in [5.74, 6) is -0.443. The monoisotopic (exact) mass is 351 g/mol. The molecule has 2 aromatic carbocycles. The summed E-state index contributed by atoms with van der Waals surface area (Å²) >= 11 is 0. The van der Waals surface area contributed by atoms with Crippen LogP contribution in [0.5, 0.6) is 0 Å². The third-order valence-electron chi connectivity index (χ3n) is 3.64. The molecule has 0 aliphatic carbocycles. The molecule has 26 heavy (non-hydrogen) atoms. The third-order valence-corrected chi connectivity index (χ3v) is 3.64. The van der Waals surface area contributed by atoms with E-state index in [-0.39, 0.29) is 5.56 Å². The Morgan fingerprint density at radius 2 is 1.69 bits per heavy atom. The summed E-state index contributed by atoms with van der Waals surface area (Å²) in [6.45, 7) is 0. The molecule has 6 nitrogen and oxygen atoms in total. The number of amides is 1. The first-order chi connectivity index (χ1) is 12.5. The molecule has 0 bridgehead atoms. The second kappa shape index (κ2) is 7.60. The number of anilines is 4. The van der Waals surface area contributed by atoms with Crippen LogP contribution in [0.15, 0.2) is 60.9 Å². The van der Waals surface area contributed by atoms with E-state index in [0.717, 1.165) is 11.4 Å². The van der Waals surface area contributed by atoms with Gasteiger partial charge < -0.3 is 15.5 Å². The first kappa shape index (κ1) is 17.3. The molecule has 0 saturated carbocycles. The van der Waals surface area contributed by atoms with Crippen LogP contribution in [0.3, 0.4) is 0 Å². The van der Waals surface area contributed by atoms with Crippen LogP contribution >= 0.6 is 0 Å². The summed E-state index contributed by atoms with van der Waals surface area (Å²) in [6, 6.07) is 13.5. The van der Waals surface area contributed by atoms with E-state index in [1.165, 1.54) is 30.6 Å². The topological polar surface area (TPSA) is 70.2 Å². The molecule has 0 spiro atoms. The molecule has 3 rings (SSSR count). The Kier molecular flexibility index (Phi) is 5.07. The van der Waals surface area contributed by atoms with E-state index >= 15 is 0 Å². The van der Waals surface area contributed by atoms with Crippen LogP contribution < -0.4 is 15.5 Å². The molecule has 0 fully saturated rings. The van der Waals surface area contributed by atoms with Crippen LogP contribution in [0, 0.1) is 5.82 Å². The zero-order valence-corrected chi connectivity index (χ0v) is 14.4. The first-order valence-electron chi connectivity index (χ1n) is 7.94. The van der Waals surface area contributed by atoms with Crippen LogP contribution in [0.1, 0.15) is 10.4 Å². The average Bonchev–Trinajstić information content (AvgIpc) is 2.63. The smallest absolute Gasteiger partial charge is 0.258 e. The van der Waals surface area contributed by atoms with Crippen molar-refractivity contribution in [3.8, 4) is 0 Å². The van der Waals surface area contributed by atoms with Gasteiger partial charge in [-0.3, -0.25) is 4.79 Å². The van der Waals surface area contributed by atoms with Gasteiger partial charge in [-0.2, -0.15) is 0 Å². The van der Waals surface area contributed by atoms with Crippen molar-refractivity contribution in [2.75, 3.05) is 29.6 Å². The molecule has 0 atom stereocenters. The molecule has 7 heteroatoms. The number of aromatic nitrogens is 2. The van der Waals surface area contributed by atoms with E-state index < -0.39 is 11.7 Å². The van der Waals surface area contributed by atoms with E-state index in [2.05, 4.69) is 20.6 Å². The highest BCUT2D eigenvalue weighted by Gasteiger charge is 2.08. The van der Waals surface area contributed by atoms with Crippen LogP contribution in [-0.4, -0.2) is 30.0 Å². The highest BCUT2D eigenvalue weighted by Crippen LogP contribution is 2.18. The standard InChI is InChI=1S/C19H18FN5O/c1-25(2)17-8-6-15(7-9-17)24-19-21-11-13(12-22-19)18(26)23-16-5-3-4-14(20)10-16/h3-12H,1-2H3,(H,23,26)(H,21,22,24). The number of nitrogens with zero attached hydrogens (tertiary/aromatic N) is 3. The molecule has 0 unspecified atom stereocenters. The molecule has 0 aliphatic heterocycles. The van der Waals surface area contributed by atoms with Gasteiger partial charge in [0.05, 0.1) is 5.56 Å². The van der Waals surface area contributed by atoms with Crippen molar-refractivity contribution in [2.45, 2.75) is 0 Å². The van der Waals surface area contributed by atoms with Crippen LogP contribution in [-0.2, 0) is 0 Å². The van der Waals surface area contributed by atoms with Gasteiger partial charge in [0.1, 0.15) is 5.82 Å². The Morgan fingerprint density at radius 3 is 2.31 bits per heavy atom. The van der Waals surface area contributed by atoms with E-state index in [4.69, 9.17) is 0 Å². The van der Waals surface area contributed by atoms with Gasteiger partial charge in [0.2, 0.25) is 5.95 Å². The summed E-state index contributed by atoms with van der Waals surface area (Å²) in [7, 11) is 3.94. The highest BCUT2D eigenvalue weighted by molar-refractivity contribution is 6.03. The maximum atomic E-state index is 13.2. The molecule has 1 aromatic heterocycles. The van der Waals surface area contributed by atoms with E-state index in [1.54, 1.807) is 6.07 Å². The molecule has 0 aliphatic rings. The normalized spacial score (nSPS) is 10.3. The lowest BCUT2D eigenvalue weighted by Gasteiger charge is -2.13. The van der Waals surface area contributed by atoms with E-state index in [9.17, 15) is 9.18 Å². The van der Waals surface area contributed by atoms with Crippen molar-refractivity contribution in [3.05, 3.63) is 72.3 Å². The lowest BCUT2D eigenvalue weighted by Crippen LogP contribution is -2.13. The average molecular weight is 351 g/mol. The predicted molar refractivity (Wildman–Crippen MR) is 100 cm³/mol. The lowest BCUT2D eigenvalue weighted by atomic mass is 10.2. The number of hydrogen-bond acceptors (Lipinski definition) is 5. The molecular formula is C19H18FN5O. The highest BCUT2D eigenvalue weighted by atomic mass is 19.1. The quantitative estimate of drug-likeness (QED) is 0.734. The van der Waals surface area contributed by atoms with Crippen LogP contribution in [0.25, 0.3) is 0 Å². The minimum Gasteiger partial charge on any atom is -0.378 e. The van der Waals surface area contributed by atoms with Crippen molar-refractivity contribution in [2.24, 2.45) is 0 Å². The molecule has 132 valence electrons. The maximum absolute atomic E-state index is 13.2. The van der Waals surface area contributed by atoms with Gasteiger partial charge in [0, 0.05) is 43.6 Å². The summed E-state index contributed by atoms with van der Waals surface area (Å²) in [4.78, 5) is 22.5. The lowest BCUT2D eigenvalue weighted by molar-refractivity contribution is 0.102. The van der Waals surface area contributed by atoms with Gasteiger partial charge in [0.25, 0.3) is 5.91 Å². The number of halogens is 1. The number of rotatable bonds is 5. The Hall–Kier alpha value is -3.48. The molecule has 0 radical (unpaired) electrons. The summed E-state index contributed by atoms with van der Waals surface area (Å²) < 4.78 is 13.2. The molecule has 1 amide bonds. The Labute approximate surface area is 150 Å². The van der Waals surface area contributed by atoms with Crippen molar-refractivity contribution in [1.29, 1.82) is 0 Å². The van der Waals surface area contributed by atoms with Gasteiger partial charge in [-0.15, -0.1) is 0 Å². The van der Waals surface area contributed by atoms with Gasteiger partial charge >= 0.3 is 0 Å². The summed E-state index contributed by atoms with van der Waals surface area (Å²) in [5.41, 5.74) is 2.58. The minimum atomic E-state index is -0.418. The number of carbonyl (C=O) groups is 1. The Balaban J connectivity index is 1.65. The third kappa shape index (κ3) is 4.32. The van der Waals surface area contributed by atoms with Gasteiger partial charge in [-0.05, 0) is 42.5 Å². The minimum absolute atomic E-state index is 0.280. The molecule has 2 N–H and O–H groups in total. The number of hydrogen-bond donors (Lipinski definition) is 2. The predicted octanol–water partition coefficient (Wildman–Crippen LogP) is 3.68. The molecule has 0 saturated heterocycles. The molecule has 1 heterocycles. The fraction of sp³-hybridized carbons (Fsp3) is 0.105. The van der Waals surface area contributed by atoms with Crippen molar-refractivity contribution < 1.29 is 9.18 Å². The summed E-state index contributed by atoms with van der Waals surface area (Å²) in [6.07, 6.45) is 2.83. The van der Waals surface area contributed by atoms with Crippen molar-refractivity contribution in [3.63, 3.8) is 0 Å². The largest absolute Gasteiger partial charge is 0.378 e. The van der Waals surface area contributed by atoms with Crippen molar-refractivity contribution in [1.82, 2.24) is 9.97 Å². The second-order valence-electron chi connectivity index (χ2n) is 5.83. The number of nitrogens with one attached hydrogen (secondary N) is 2. The fourth-order valence-electron chi connectivity index (χ4n) is 2.25. The fourth-order valence-corrected chi connectivity index (χ4v) is 2.25. The Morgan fingerprint density at radius 1 is 1.00 bits per heavy atom. The van der Waals surface area contributed by atoms with Gasteiger partial charge in [-0.1, -0.05) is 6.07 Å². The van der Waals surface area contributed by atoms with Crippen LogP contribution in [0.4, 0.5) is 27.4 Å². The van der Waals surface area contributed by atoms with E-state index in [1.807, 2.05) is 43.3 Å². The summed E-state index contributed by atoms with van der Waals surface area (Å²) in [5, 5.41) is 5.67. The number of carbonyl (C=O) groups excluding carboxylic acids is 1. The SMILES string of the molecule is CN(C)c1ccc(Nc2ncc(C(=O)Nc3cccc(F)c3)cn2)cc1. The number of benzene rings is 2. The van der Waals surface area contributed by atoms with Gasteiger partial charge in [0.15, 0.2) is 0 Å². The first-order valence-corrected chi connectivity index (χ1v) is 7.94. The van der Waals surface area contributed by atoms with Crippen molar-refractivity contribution >= 4 is 28.9 Å². The maximum Gasteiger partial charge on any atom is 0.258 e. The van der Waals surface area contributed by atoms with E-state index in [0.29, 0.717) is 11.6 Å². The molecule has 3 aromatic rings. The van der Waals surface area contributed by atoms with Gasteiger partial charge in [-0.25, -0.2) is 14.4 Å². The Bertz CT molecular complexity index is 895. The molecular weight excluding hydrogens is 333 g/mol. The zero-order chi connectivity index (χ0) is 18.5. The second-order valence-corrected chi connectivity index (χ2v) is 5.83. The van der Waals surface area contributed by atoms with Crippen LogP contribution in [0.2, 0.25) is 0 Å². The zero-order valence-electron chi connectivity index (χ0n) is 14.4.